The predicted molar refractivity (Wildman–Crippen MR) is 71.5 cm³/mol. The minimum atomic E-state index is 0.0191. The quantitative estimate of drug-likeness (QED) is 0.793. The lowest BCUT2D eigenvalue weighted by molar-refractivity contribution is -0.123. The summed E-state index contributed by atoms with van der Waals surface area (Å²) in [6, 6.07) is 3.85. The number of aromatic nitrogens is 1. The van der Waals surface area contributed by atoms with Crippen molar-refractivity contribution < 1.29 is 4.79 Å². The van der Waals surface area contributed by atoms with Crippen LogP contribution in [0.4, 0.5) is 0 Å². The van der Waals surface area contributed by atoms with Gasteiger partial charge >= 0.3 is 0 Å². The molecule has 0 spiro atoms. The zero-order chi connectivity index (χ0) is 13.0. The lowest BCUT2D eigenvalue weighted by atomic mass is 10.0. The number of Topliss-reactive ketones (excluding diaryl/α,β-unsaturated/α-hetero) is 1. The summed E-state index contributed by atoms with van der Waals surface area (Å²) >= 11 is 0. The van der Waals surface area contributed by atoms with Gasteiger partial charge in [0.05, 0.1) is 6.04 Å². The zero-order valence-corrected chi connectivity index (χ0v) is 11.2. The van der Waals surface area contributed by atoms with Gasteiger partial charge in [0.15, 0.2) is 5.78 Å². The van der Waals surface area contributed by atoms with Gasteiger partial charge in [-0.15, -0.1) is 0 Å². The first-order valence-electron chi connectivity index (χ1n) is 6.47. The van der Waals surface area contributed by atoms with Crippen LogP contribution < -0.4 is 0 Å². The zero-order valence-electron chi connectivity index (χ0n) is 11.2. The average Bonchev–Trinajstić information content (AvgIpc) is 2.52. The van der Waals surface area contributed by atoms with Gasteiger partial charge in [-0.1, -0.05) is 0 Å². The van der Waals surface area contributed by atoms with Crippen molar-refractivity contribution in [2.24, 2.45) is 0 Å². The summed E-state index contributed by atoms with van der Waals surface area (Å²) in [6.45, 7) is 2.90. The first kappa shape index (κ1) is 13.2. The van der Waals surface area contributed by atoms with E-state index >= 15 is 0 Å². The van der Waals surface area contributed by atoms with Crippen LogP contribution in [0.25, 0.3) is 0 Å². The Balaban J connectivity index is 2.02. The normalized spacial score (nSPS) is 22.7. The van der Waals surface area contributed by atoms with E-state index in [2.05, 4.69) is 21.8 Å². The van der Waals surface area contributed by atoms with Gasteiger partial charge in [0.25, 0.3) is 0 Å². The van der Waals surface area contributed by atoms with Gasteiger partial charge in [0.1, 0.15) is 0 Å². The second-order valence-electron chi connectivity index (χ2n) is 5.11. The van der Waals surface area contributed by atoms with Crippen LogP contribution in [-0.2, 0) is 11.2 Å². The van der Waals surface area contributed by atoms with E-state index in [9.17, 15) is 4.79 Å². The second kappa shape index (κ2) is 6.07. The molecule has 0 bridgehead atoms. The molecule has 2 heterocycles. The Hall–Kier alpha value is -1.26. The number of rotatable bonds is 3. The molecule has 18 heavy (non-hydrogen) atoms. The molecule has 2 rings (SSSR count). The number of carbonyl (C=O) groups excluding carboxylic acids is 1. The van der Waals surface area contributed by atoms with E-state index in [1.165, 1.54) is 0 Å². The molecule has 1 saturated heterocycles. The standard InChI is InChI=1S/C14H21N3O/c1-16-8-3-9-17(2)13(11-16)14(18)10-12-4-6-15-7-5-12/h4-7,13H,3,8-11H2,1-2H3. The Bertz CT molecular complexity index is 393. The molecular formula is C14H21N3O. The topological polar surface area (TPSA) is 36.4 Å². The Labute approximate surface area is 109 Å². The maximum atomic E-state index is 12.4. The molecule has 1 aromatic rings. The van der Waals surface area contributed by atoms with Crippen LogP contribution in [0.1, 0.15) is 12.0 Å². The molecule has 1 unspecified atom stereocenters. The maximum Gasteiger partial charge on any atom is 0.155 e. The van der Waals surface area contributed by atoms with Gasteiger partial charge in [0, 0.05) is 25.4 Å². The minimum Gasteiger partial charge on any atom is -0.304 e. The fourth-order valence-electron chi connectivity index (χ4n) is 2.44. The first-order valence-corrected chi connectivity index (χ1v) is 6.47. The Morgan fingerprint density at radius 3 is 2.78 bits per heavy atom. The number of nitrogens with zero attached hydrogens (tertiary/aromatic N) is 3. The van der Waals surface area contributed by atoms with E-state index in [-0.39, 0.29) is 6.04 Å². The molecule has 1 aliphatic rings. The average molecular weight is 247 g/mol. The minimum absolute atomic E-state index is 0.0191. The SMILES string of the molecule is CN1CCCN(C)C(C(=O)Cc2ccncc2)C1. The van der Waals surface area contributed by atoms with Crippen molar-refractivity contribution in [2.75, 3.05) is 33.7 Å². The molecule has 4 nitrogen and oxygen atoms in total. The van der Waals surface area contributed by atoms with Gasteiger partial charge in [-0.05, 0) is 51.3 Å². The molecule has 1 atom stereocenters. The van der Waals surface area contributed by atoms with E-state index in [0.29, 0.717) is 12.2 Å². The molecule has 0 amide bonds. The van der Waals surface area contributed by atoms with Crippen LogP contribution >= 0.6 is 0 Å². The lowest BCUT2D eigenvalue weighted by Gasteiger charge is -2.26. The van der Waals surface area contributed by atoms with Crippen molar-refractivity contribution in [3.05, 3.63) is 30.1 Å². The highest BCUT2D eigenvalue weighted by Gasteiger charge is 2.26. The molecule has 0 saturated carbocycles. The smallest absolute Gasteiger partial charge is 0.155 e. The summed E-state index contributed by atoms with van der Waals surface area (Å²) < 4.78 is 0. The third-order valence-electron chi connectivity index (χ3n) is 3.57. The fraction of sp³-hybridized carbons (Fsp3) is 0.571. The summed E-state index contributed by atoms with van der Waals surface area (Å²) in [4.78, 5) is 20.8. The van der Waals surface area contributed by atoms with E-state index < -0.39 is 0 Å². The van der Waals surface area contributed by atoms with E-state index in [0.717, 1.165) is 31.6 Å². The van der Waals surface area contributed by atoms with Crippen molar-refractivity contribution in [2.45, 2.75) is 18.9 Å². The lowest BCUT2D eigenvalue weighted by Crippen LogP contribution is -2.44. The molecule has 1 aromatic heterocycles. The van der Waals surface area contributed by atoms with Crippen molar-refractivity contribution >= 4 is 5.78 Å². The van der Waals surface area contributed by atoms with Crippen molar-refractivity contribution in [1.29, 1.82) is 0 Å². The predicted octanol–water partition coefficient (Wildman–Crippen LogP) is 0.829. The van der Waals surface area contributed by atoms with Gasteiger partial charge in [0.2, 0.25) is 0 Å². The molecule has 4 heteroatoms. The highest BCUT2D eigenvalue weighted by molar-refractivity contribution is 5.86. The Morgan fingerprint density at radius 2 is 2.06 bits per heavy atom. The van der Waals surface area contributed by atoms with Crippen LogP contribution in [0.2, 0.25) is 0 Å². The van der Waals surface area contributed by atoms with Crippen LogP contribution in [0.3, 0.4) is 0 Å². The van der Waals surface area contributed by atoms with Gasteiger partial charge in [-0.2, -0.15) is 0 Å². The van der Waals surface area contributed by atoms with Crippen LogP contribution in [-0.4, -0.2) is 60.3 Å². The number of pyridine rings is 1. The second-order valence-corrected chi connectivity index (χ2v) is 5.11. The van der Waals surface area contributed by atoms with Crippen LogP contribution in [0.5, 0.6) is 0 Å². The highest BCUT2D eigenvalue weighted by atomic mass is 16.1. The van der Waals surface area contributed by atoms with Crippen molar-refractivity contribution in [3.63, 3.8) is 0 Å². The third-order valence-corrected chi connectivity index (χ3v) is 3.57. The molecule has 1 aliphatic heterocycles. The van der Waals surface area contributed by atoms with Crippen molar-refractivity contribution in [3.8, 4) is 0 Å². The monoisotopic (exact) mass is 247 g/mol. The van der Waals surface area contributed by atoms with Gasteiger partial charge in [-0.25, -0.2) is 0 Å². The summed E-state index contributed by atoms with van der Waals surface area (Å²) in [7, 11) is 4.14. The number of ketones is 1. The van der Waals surface area contributed by atoms with E-state index in [4.69, 9.17) is 0 Å². The molecule has 0 aromatic carbocycles. The Morgan fingerprint density at radius 1 is 1.33 bits per heavy atom. The summed E-state index contributed by atoms with van der Waals surface area (Å²) in [5, 5.41) is 0. The number of carbonyl (C=O) groups is 1. The molecule has 1 fully saturated rings. The molecule has 0 radical (unpaired) electrons. The van der Waals surface area contributed by atoms with Crippen LogP contribution in [0, 0.1) is 0 Å². The van der Waals surface area contributed by atoms with E-state index in [1.54, 1.807) is 12.4 Å². The van der Waals surface area contributed by atoms with Crippen LogP contribution in [0.15, 0.2) is 24.5 Å². The third kappa shape index (κ3) is 3.37. The first-order chi connectivity index (χ1) is 8.66. The largest absolute Gasteiger partial charge is 0.304 e. The summed E-state index contributed by atoms with van der Waals surface area (Å²) in [6.07, 6.45) is 5.12. The summed E-state index contributed by atoms with van der Waals surface area (Å²) in [5.41, 5.74) is 1.05. The number of hydrogen-bond donors (Lipinski definition) is 0. The number of likely N-dealkylation sites (N-methyl/N-ethyl adjacent to an activating group) is 2. The maximum absolute atomic E-state index is 12.4. The fourth-order valence-corrected chi connectivity index (χ4v) is 2.44. The van der Waals surface area contributed by atoms with Gasteiger partial charge < -0.3 is 4.90 Å². The molecule has 0 N–H and O–H groups in total. The van der Waals surface area contributed by atoms with Gasteiger partial charge in [-0.3, -0.25) is 14.7 Å². The molecule has 0 aliphatic carbocycles. The van der Waals surface area contributed by atoms with Crippen molar-refractivity contribution in [1.82, 2.24) is 14.8 Å². The summed E-state index contributed by atoms with van der Waals surface area (Å²) in [5.74, 6) is 0.303. The van der Waals surface area contributed by atoms with E-state index in [1.807, 2.05) is 19.2 Å². The highest BCUT2D eigenvalue weighted by Crippen LogP contribution is 2.10. The molecule has 98 valence electrons. The Kier molecular flexibility index (Phi) is 4.44. The molecular weight excluding hydrogens is 226 g/mol. The number of hydrogen-bond acceptors (Lipinski definition) is 4.